The highest BCUT2D eigenvalue weighted by molar-refractivity contribution is 5.73. The first-order valence-corrected chi connectivity index (χ1v) is 20.5. The molecule has 0 radical (unpaired) electrons. The number of nitrogens with zero attached hydrogens (tertiary/aromatic N) is 2. The Morgan fingerprint density at radius 3 is 2.11 bits per heavy atom. The van der Waals surface area contributed by atoms with E-state index >= 15 is 0 Å². The molecule has 0 aromatic rings. The van der Waals surface area contributed by atoms with Gasteiger partial charge in [-0.05, 0) is 109 Å². The highest BCUT2D eigenvalue weighted by Crippen LogP contribution is 2.42. The molecule has 0 bridgehead atoms. The molecule has 0 saturated carbocycles. The van der Waals surface area contributed by atoms with Crippen molar-refractivity contribution >= 4 is 5.97 Å². The quantitative estimate of drug-likeness (QED) is 0.251. The van der Waals surface area contributed by atoms with E-state index in [2.05, 4.69) is 6.92 Å². The number of carbonyl (C=O) groups is 1. The summed E-state index contributed by atoms with van der Waals surface area (Å²) < 4.78 is 45.3. The van der Waals surface area contributed by atoms with Crippen LogP contribution in [0.4, 0.5) is 0 Å². The van der Waals surface area contributed by atoms with Crippen molar-refractivity contribution in [1.29, 1.82) is 0 Å². The molecule has 0 amide bonds. The first kappa shape index (κ1) is 48.4. The number of cyclic esters (lactones) is 1. The van der Waals surface area contributed by atoms with Crippen molar-refractivity contribution in [2.24, 2.45) is 17.8 Å². The SMILES string of the molecule is CCC1OC(=O)C(C)C(OC2CC(C)(OC)C(O)C(C)O2)C(C)C(OC2OC(C)CC(N(C)C)C2O)C(C)(OC(C)C)CC(C)CN(C)C(C)C(O)C1(C)O. The van der Waals surface area contributed by atoms with Crippen molar-refractivity contribution in [3.63, 3.8) is 0 Å². The second-order valence-corrected chi connectivity index (χ2v) is 18.3. The van der Waals surface area contributed by atoms with Crippen LogP contribution >= 0.6 is 0 Å². The summed E-state index contributed by atoms with van der Waals surface area (Å²) in [6.07, 6.45) is -7.53. The van der Waals surface area contributed by atoms with E-state index in [1.54, 1.807) is 27.7 Å². The lowest BCUT2D eigenvalue weighted by molar-refractivity contribution is -0.322. The molecule has 324 valence electrons. The fourth-order valence-electron chi connectivity index (χ4n) is 9.36. The fourth-order valence-corrected chi connectivity index (χ4v) is 9.36. The van der Waals surface area contributed by atoms with Crippen LogP contribution < -0.4 is 0 Å². The van der Waals surface area contributed by atoms with Gasteiger partial charge in [0.05, 0.1) is 47.6 Å². The molecule has 3 aliphatic rings. The summed E-state index contributed by atoms with van der Waals surface area (Å²) in [6, 6.07) is -0.739. The van der Waals surface area contributed by atoms with E-state index in [0.717, 1.165) is 0 Å². The lowest BCUT2D eigenvalue weighted by Crippen LogP contribution is -2.61. The van der Waals surface area contributed by atoms with Crippen molar-refractivity contribution in [3.8, 4) is 0 Å². The van der Waals surface area contributed by atoms with Gasteiger partial charge in [0.15, 0.2) is 12.6 Å². The third kappa shape index (κ3) is 11.2. The monoisotopic (exact) mass is 791 g/mol. The molecule has 18 unspecified atom stereocenters. The van der Waals surface area contributed by atoms with Gasteiger partial charge in [-0.15, -0.1) is 0 Å². The molecule has 3 fully saturated rings. The second kappa shape index (κ2) is 19.4. The number of esters is 1. The smallest absolute Gasteiger partial charge is 0.311 e. The van der Waals surface area contributed by atoms with Gasteiger partial charge in [-0.25, -0.2) is 0 Å². The predicted octanol–water partition coefficient (Wildman–Crippen LogP) is 3.33. The topological polar surface area (TPSA) is 169 Å². The Labute approximate surface area is 331 Å². The number of rotatable bonds is 9. The number of aliphatic hydroxyl groups is 4. The number of ether oxygens (including phenoxy) is 7. The normalized spacial score (nSPS) is 47.7. The van der Waals surface area contributed by atoms with Crippen molar-refractivity contribution in [2.75, 3.05) is 34.8 Å². The van der Waals surface area contributed by atoms with E-state index in [1.165, 1.54) is 14.0 Å². The molecule has 14 heteroatoms. The highest BCUT2D eigenvalue weighted by Gasteiger charge is 2.53. The van der Waals surface area contributed by atoms with Gasteiger partial charge < -0.3 is 63.4 Å². The Hall–Kier alpha value is -1.01. The highest BCUT2D eigenvalue weighted by atomic mass is 16.7. The summed E-state index contributed by atoms with van der Waals surface area (Å²) in [6.45, 7) is 22.9. The maximum absolute atomic E-state index is 14.4. The standard InChI is InChI=1S/C41H78N2O12/c1-17-30-41(12,48)34(45)27(8)43(15)21-23(4)19-40(11,55-22(2)3)36(54-38-32(44)29(42(13)14)18-24(5)50-38)25(6)33(26(7)37(47)52-30)53-31-20-39(10,49-16)35(46)28(9)51-31/h22-36,38,44-46,48H,17-21H2,1-16H3. The molecule has 4 N–H and O–H groups in total. The summed E-state index contributed by atoms with van der Waals surface area (Å²) in [5.41, 5.74) is -3.82. The lowest BCUT2D eigenvalue weighted by Gasteiger charge is -2.50. The third-order valence-corrected chi connectivity index (χ3v) is 12.7. The molecule has 0 aliphatic carbocycles. The van der Waals surface area contributed by atoms with Gasteiger partial charge in [0.1, 0.15) is 30.0 Å². The van der Waals surface area contributed by atoms with Gasteiger partial charge >= 0.3 is 5.97 Å². The van der Waals surface area contributed by atoms with Crippen molar-refractivity contribution < 1.29 is 58.4 Å². The summed E-state index contributed by atoms with van der Waals surface area (Å²) >= 11 is 0. The number of likely N-dealkylation sites (N-methyl/N-ethyl adjacent to an activating group) is 2. The van der Waals surface area contributed by atoms with Gasteiger partial charge in [0.25, 0.3) is 0 Å². The van der Waals surface area contributed by atoms with E-state index in [4.69, 9.17) is 33.2 Å². The van der Waals surface area contributed by atoms with Crippen LogP contribution in [0.25, 0.3) is 0 Å². The molecule has 55 heavy (non-hydrogen) atoms. The maximum Gasteiger partial charge on any atom is 0.311 e. The Morgan fingerprint density at radius 1 is 0.945 bits per heavy atom. The van der Waals surface area contributed by atoms with Crippen LogP contribution in [0, 0.1) is 17.8 Å². The number of hydrogen-bond acceptors (Lipinski definition) is 14. The average molecular weight is 791 g/mol. The van der Waals surface area contributed by atoms with Crippen LogP contribution in [0.2, 0.25) is 0 Å². The van der Waals surface area contributed by atoms with Crippen LogP contribution in [-0.4, -0.2) is 167 Å². The molecule has 18 atom stereocenters. The zero-order chi connectivity index (χ0) is 42.0. The predicted molar refractivity (Wildman–Crippen MR) is 208 cm³/mol. The summed E-state index contributed by atoms with van der Waals surface area (Å²) in [4.78, 5) is 18.4. The van der Waals surface area contributed by atoms with Crippen LogP contribution in [0.5, 0.6) is 0 Å². The Bertz CT molecular complexity index is 1210. The van der Waals surface area contributed by atoms with Crippen molar-refractivity contribution in [2.45, 2.75) is 205 Å². The Morgan fingerprint density at radius 2 is 1.56 bits per heavy atom. The molecule has 0 aromatic heterocycles. The first-order chi connectivity index (χ1) is 25.3. The van der Waals surface area contributed by atoms with Crippen LogP contribution in [0.15, 0.2) is 0 Å². The minimum absolute atomic E-state index is 0.0227. The first-order valence-electron chi connectivity index (χ1n) is 20.5. The molecular formula is C41H78N2O12. The van der Waals surface area contributed by atoms with Gasteiger partial charge in [-0.1, -0.05) is 20.8 Å². The van der Waals surface area contributed by atoms with E-state index in [-0.39, 0.29) is 37.0 Å². The minimum atomic E-state index is -1.78. The van der Waals surface area contributed by atoms with Gasteiger partial charge in [-0.3, -0.25) is 4.79 Å². The number of hydrogen-bond donors (Lipinski definition) is 4. The largest absolute Gasteiger partial charge is 0.459 e. The second-order valence-electron chi connectivity index (χ2n) is 18.3. The molecule has 3 rings (SSSR count). The lowest BCUT2D eigenvalue weighted by atomic mass is 9.77. The van der Waals surface area contributed by atoms with Crippen LogP contribution in [0.3, 0.4) is 0 Å². The zero-order valence-corrected chi connectivity index (χ0v) is 36.7. The van der Waals surface area contributed by atoms with E-state index in [0.29, 0.717) is 19.4 Å². The van der Waals surface area contributed by atoms with E-state index < -0.39 is 96.0 Å². The minimum Gasteiger partial charge on any atom is -0.459 e. The van der Waals surface area contributed by atoms with Crippen LogP contribution in [0.1, 0.15) is 109 Å². The molecule has 3 saturated heterocycles. The van der Waals surface area contributed by atoms with E-state index in [1.807, 2.05) is 72.5 Å². The molecular weight excluding hydrogens is 712 g/mol. The Kier molecular flexibility index (Phi) is 17.0. The molecule has 0 spiro atoms. The number of methoxy groups -OCH3 is 1. The number of aliphatic hydroxyl groups excluding tert-OH is 3. The number of carbonyl (C=O) groups excluding carboxylic acids is 1. The van der Waals surface area contributed by atoms with Gasteiger partial charge in [0.2, 0.25) is 0 Å². The van der Waals surface area contributed by atoms with E-state index in [9.17, 15) is 25.2 Å². The zero-order valence-electron chi connectivity index (χ0n) is 36.7. The Balaban J connectivity index is 2.27. The van der Waals surface area contributed by atoms with Gasteiger partial charge in [0, 0.05) is 38.1 Å². The summed E-state index contributed by atoms with van der Waals surface area (Å²) in [7, 11) is 7.28. The average Bonchev–Trinajstić information content (AvgIpc) is 3.09. The molecule has 3 aliphatic heterocycles. The summed E-state index contributed by atoms with van der Waals surface area (Å²) in [5, 5.41) is 46.2. The van der Waals surface area contributed by atoms with Gasteiger partial charge in [-0.2, -0.15) is 0 Å². The van der Waals surface area contributed by atoms with Crippen LogP contribution in [-0.2, 0) is 38.0 Å². The maximum atomic E-state index is 14.4. The third-order valence-electron chi connectivity index (χ3n) is 12.7. The summed E-state index contributed by atoms with van der Waals surface area (Å²) in [5.74, 6) is -2.25. The van der Waals surface area contributed by atoms with Crippen molar-refractivity contribution in [3.05, 3.63) is 0 Å². The molecule has 3 heterocycles. The fraction of sp³-hybridized carbons (Fsp3) is 0.976. The molecule has 14 nitrogen and oxygen atoms in total. The molecule has 0 aromatic carbocycles. The van der Waals surface area contributed by atoms with Crippen molar-refractivity contribution in [1.82, 2.24) is 9.80 Å².